The first kappa shape index (κ1) is 23.3. The molecular formula is C24H22FN5O3S. The number of amides is 1. The van der Waals surface area contributed by atoms with Crippen molar-refractivity contribution in [3.63, 3.8) is 0 Å². The molecule has 0 radical (unpaired) electrons. The predicted molar refractivity (Wildman–Crippen MR) is 124 cm³/mol. The summed E-state index contributed by atoms with van der Waals surface area (Å²) in [5, 5.41) is 16.4. The van der Waals surface area contributed by atoms with Crippen molar-refractivity contribution in [1.82, 2.24) is 20.3 Å². The number of rotatable bonds is 8. The van der Waals surface area contributed by atoms with Gasteiger partial charge in [0.15, 0.2) is 0 Å². The van der Waals surface area contributed by atoms with Crippen molar-refractivity contribution in [2.45, 2.75) is 23.9 Å². The zero-order valence-electron chi connectivity index (χ0n) is 18.0. The molecule has 0 saturated carbocycles. The van der Waals surface area contributed by atoms with Gasteiger partial charge in [0, 0.05) is 18.5 Å². The zero-order chi connectivity index (χ0) is 24.1. The van der Waals surface area contributed by atoms with E-state index in [4.69, 9.17) is 5.14 Å². The fraction of sp³-hybridized carbons (Fsp3) is 0.125. The van der Waals surface area contributed by atoms with Crippen LogP contribution in [-0.4, -0.2) is 29.3 Å². The van der Waals surface area contributed by atoms with Crippen LogP contribution in [0.15, 0.2) is 90.0 Å². The maximum absolute atomic E-state index is 13.2. The van der Waals surface area contributed by atoms with Crippen LogP contribution in [0.25, 0.3) is 11.3 Å². The number of halogens is 1. The average Bonchev–Trinajstić information content (AvgIpc) is 3.32. The van der Waals surface area contributed by atoms with Crippen LogP contribution in [0, 0.1) is 5.82 Å². The topological polar surface area (TPSA) is 120 Å². The first-order valence-electron chi connectivity index (χ1n) is 10.4. The molecule has 4 aromatic rings. The molecule has 34 heavy (non-hydrogen) atoms. The van der Waals surface area contributed by atoms with E-state index < -0.39 is 16.1 Å². The van der Waals surface area contributed by atoms with Gasteiger partial charge in [0.1, 0.15) is 17.6 Å². The molecule has 0 aliphatic carbocycles. The van der Waals surface area contributed by atoms with Gasteiger partial charge in [0.05, 0.1) is 11.1 Å². The fourth-order valence-electron chi connectivity index (χ4n) is 3.43. The number of nitrogens with one attached hydrogen (secondary N) is 1. The van der Waals surface area contributed by atoms with E-state index in [1.54, 1.807) is 30.5 Å². The third-order valence-electron chi connectivity index (χ3n) is 5.26. The normalized spacial score (nSPS) is 12.3. The molecule has 174 valence electrons. The van der Waals surface area contributed by atoms with Crippen molar-refractivity contribution in [3.05, 3.63) is 102 Å². The number of carbonyl (C=O) groups is 1. The molecule has 4 rings (SSSR count). The highest BCUT2D eigenvalue weighted by Crippen LogP contribution is 2.21. The minimum Gasteiger partial charge on any atom is -0.350 e. The van der Waals surface area contributed by atoms with Gasteiger partial charge >= 0.3 is 0 Å². The number of hydrogen-bond donors (Lipinski definition) is 2. The Kier molecular flexibility index (Phi) is 6.80. The molecule has 1 atom stereocenters. The van der Waals surface area contributed by atoms with Crippen LogP contribution >= 0.6 is 0 Å². The number of primary sulfonamides is 1. The second kappa shape index (κ2) is 9.94. The van der Waals surface area contributed by atoms with E-state index in [9.17, 15) is 17.6 Å². The number of nitrogens with two attached hydrogens (primary N) is 1. The van der Waals surface area contributed by atoms with Gasteiger partial charge < -0.3 is 5.32 Å². The van der Waals surface area contributed by atoms with Gasteiger partial charge in [0.25, 0.3) is 0 Å². The van der Waals surface area contributed by atoms with E-state index in [1.807, 2.05) is 30.3 Å². The van der Waals surface area contributed by atoms with Crippen molar-refractivity contribution in [1.29, 1.82) is 0 Å². The Hall–Kier alpha value is -3.89. The highest BCUT2D eigenvalue weighted by atomic mass is 32.2. The quantitative estimate of drug-likeness (QED) is 0.403. The molecule has 3 N–H and O–H groups in total. The van der Waals surface area contributed by atoms with Crippen LogP contribution in [0.5, 0.6) is 0 Å². The summed E-state index contributed by atoms with van der Waals surface area (Å²) in [5.41, 5.74) is 2.82. The van der Waals surface area contributed by atoms with Gasteiger partial charge in [-0.2, -0.15) is 0 Å². The third kappa shape index (κ3) is 5.72. The molecule has 0 aliphatic rings. The predicted octanol–water partition coefficient (Wildman–Crippen LogP) is 2.83. The molecule has 1 heterocycles. The molecule has 0 aliphatic heterocycles. The number of nitrogens with zero attached hydrogens (tertiary/aromatic N) is 3. The largest absolute Gasteiger partial charge is 0.350 e. The first-order chi connectivity index (χ1) is 16.3. The number of aromatic nitrogens is 3. The van der Waals surface area contributed by atoms with Gasteiger partial charge in [-0.3, -0.25) is 4.79 Å². The number of carbonyl (C=O) groups excluding carboxylic acids is 1. The molecule has 1 amide bonds. The smallest absolute Gasteiger partial charge is 0.245 e. The van der Waals surface area contributed by atoms with E-state index in [2.05, 4.69) is 15.6 Å². The van der Waals surface area contributed by atoms with Gasteiger partial charge in [0.2, 0.25) is 15.9 Å². The second-order valence-electron chi connectivity index (χ2n) is 7.70. The zero-order valence-corrected chi connectivity index (χ0v) is 18.8. The number of benzene rings is 3. The summed E-state index contributed by atoms with van der Waals surface area (Å²) < 4.78 is 37.6. The van der Waals surface area contributed by atoms with Gasteiger partial charge in [-0.25, -0.2) is 22.6 Å². The van der Waals surface area contributed by atoms with Crippen LogP contribution in [-0.2, 0) is 27.8 Å². The highest BCUT2D eigenvalue weighted by molar-refractivity contribution is 7.89. The summed E-state index contributed by atoms with van der Waals surface area (Å²) in [7, 11) is -3.80. The lowest BCUT2D eigenvalue weighted by atomic mass is 10.1. The van der Waals surface area contributed by atoms with E-state index in [-0.39, 0.29) is 23.2 Å². The number of hydrogen-bond acceptors (Lipinski definition) is 5. The molecule has 10 heteroatoms. The lowest BCUT2D eigenvalue weighted by Gasteiger charge is -2.17. The van der Waals surface area contributed by atoms with Crippen molar-refractivity contribution >= 4 is 15.9 Å². The Bertz CT molecular complexity index is 1370. The molecule has 8 nitrogen and oxygen atoms in total. The molecule has 0 spiro atoms. The van der Waals surface area contributed by atoms with Gasteiger partial charge in [-0.15, -0.1) is 5.10 Å². The Labute approximate surface area is 196 Å². The molecule has 0 fully saturated rings. The van der Waals surface area contributed by atoms with Crippen molar-refractivity contribution in [3.8, 4) is 11.3 Å². The summed E-state index contributed by atoms with van der Waals surface area (Å²) in [6.07, 6.45) is 2.01. The van der Waals surface area contributed by atoms with E-state index in [1.165, 1.54) is 28.9 Å². The summed E-state index contributed by atoms with van der Waals surface area (Å²) in [5.74, 6) is -0.613. The summed E-state index contributed by atoms with van der Waals surface area (Å²) in [6.45, 7) is 0.237. The highest BCUT2D eigenvalue weighted by Gasteiger charge is 2.23. The van der Waals surface area contributed by atoms with Crippen LogP contribution < -0.4 is 10.5 Å². The Morgan fingerprint density at radius 2 is 1.65 bits per heavy atom. The van der Waals surface area contributed by atoms with Crippen LogP contribution in [0.4, 0.5) is 4.39 Å². The monoisotopic (exact) mass is 479 g/mol. The number of sulfonamides is 1. The van der Waals surface area contributed by atoms with Crippen LogP contribution in [0.2, 0.25) is 0 Å². The Balaban J connectivity index is 1.57. The van der Waals surface area contributed by atoms with E-state index in [0.29, 0.717) is 17.7 Å². The maximum Gasteiger partial charge on any atom is 0.245 e. The lowest BCUT2D eigenvalue weighted by Crippen LogP contribution is -2.34. The molecule has 0 saturated heterocycles. The van der Waals surface area contributed by atoms with Gasteiger partial charge in [-0.05, 0) is 35.4 Å². The molecule has 0 bridgehead atoms. The summed E-state index contributed by atoms with van der Waals surface area (Å²) in [6, 6.07) is 20.7. The minimum absolute atomic E-state index is 0.00855. The SMILES string of the molecule is NS(=O)(=O)c1ccc(-c2cn([C@@H](Cc3ccccc3)C(=O)NCc3ccc(F)cc3)nn2)cc1. The van der Waals surface area contributed by atoms with Crippen molar-refractivity contribution < 1.29 is 17.6 Å². The Morgan fingerprint density at radius 3 is 2.29 bits per heavy atom. The first-order valence-corrected chi connectivity index (χ1v) is 12.0. The maximum atomic E-state index is 13.2. The fourth-order valence-corrected chi connectivity index (χ4v) is 3.95. The standard InChI is InChI=1S/C24H22FN5O3S/c25-20-10-6-18(7-11-20)15-27-24(31)23(14-17-4-2-1-3-5-17)30-16-22(28-29-30)19-8-12-21(13-9-19)34(26,32)33/h1-13,16,23H,14-15H2,(H,27,31)(H2,26,32,33)/t23-/m0/s1. The van der Waals surface area contributed by atoms with E-state index >= 15 is 0 Å². The lowest BCUT2D eigenvalue weighted by molar-refractivity contribution is -0.124. The molecule has 0 unspecified atom stereocenters. The minimum atomic E-state index is -3.80. The summed E-state index contributed by atoms with van der Waals surface area (Å²) >= 11 is 0. The van der Waals surface area contributed by atoms with Crippen LogP contribution in [0.3, 0.4) is 0 Å². The molecule has 1 aromatic heterocycles. The van der Waals surface area contributed by atoms with Gasteiger partial charge in [-0.1, -0.05) is 59.8 Å². The molecule has 3 aromatic carbocycles. The summed E-state index contributed by atoms with van der Waals surface area (Å²) in [4.78, 5) is 13.1. The van der Waals surface area contributed by atoms with Crippen molar-refractivity contribution in [2.24, 2.45) is 5.14 Å². The van der Waals surface area contributed by atoms with E-state index in [0.717, 1.165) is 11.1 Å². The second-order valence-corrected chi connectivity index (χ2v) is 9.26. The Morgan fingerprint density at radius 1 is 0.971 bits per heavy atom. The third-order valence-corrected chi connectivity index (χ3v) is 6.19. The van der Waals surface area contributed by atoms with Crippen molar-refractivity contribution in [2.75, 3.05) is 0 Å². The average molecular weight is 480 g/mol. The van der Waals surface area contributed by atoms with Crippen LogP contribution in [0.1, 0.15) is 17.2 Å². The molecular weight excluding hydrogens is 457 g/mol.